The van der Waals surface area contributed by atoms with Gasteiger partial charge in [0.1, 0.15) is 0 Å². The van der Waals surface area contributed by atoms with Gasteiger partial charge in [0.15, 0.2) is 4.96 Å². The van der Waals surface area contributed by atoms with E-state index in [-0.39, 0.29) is 5.97 Å². The summed E-state index contributed by atoms with van der Waals surface area (Å²) in [4.78, 5) is 16.5. The predicted molar refractivity (Wildman–Crippen MR) is 65.9 cm³/mol. The minimum atomic E-state index is -0.159. The fraction of sp³-hybridized carbons (Fsp3) is 0.400. The largest absolute Gasteiger partial charge is 0.465 e. The molecule has 6 heteroatoms. The van der Waals surface area contributed by atoms with Crippen LogP contribution in [0.25, 0.3) is 4.96 Å². The third-order valence-electron chi connectivity index (χ3n) is 1.92. The molecule has 0 saturated heterocycles. The Bertz CT molecular complexity index is 449. The van der Waals surface area contributed by atoms with Gasteiger partial charge in [-0.3, -0.25) is 9.20 Å². The highest BCUT2D eigenvalue weighted by Crippen LogP contribution is 2.16. The van der Waals surface area contributed by atoms with Crippen molar-refractivity contribution in [2.24, 2.45) is 0 Å². The lowest BCUT2D eigenvalue weighted by molar-refractivity contribution is -0.139. The minimum absolute atomic E-state index is 0.159. The number of hydrogen-bond donors (Lipinski definition) is 0. The van der Waals surface area contributed by atoms with Crippen molar-refractivity contribution < 1.29 is 9.53 Å². The highest BCUT2D eigenvalue weighted by Gasteiger charge is 2.05. The number of ether oxygens (including phenoxy) is 1. The number of thioether (sulfide) groups is 1. The highest BCUT2D eigenvalue weighted by molar-refractivity contribution is 7.99. The summed E-state index contributed by atoms with van der Waals surface area (Å²) in [6.07, 6.45) is 3.97. The summed E-state index contributed by atoms with van der Waals surface area (Å²) < 4.78 is 6.83. The smallest absolute Gasteiger partial charge is 0.315 e. The molecule has 2 rings (SSSR count). The standard InChI is InChI=1S/C10H12N2O2S2/c1-2-14-9(13)7-15-6-8-5-12-3-4-16-10(12)11-8/h3-5H,2,6-7H2,1H3. The van der Waals surface area contributed by atoms with Gasteiger partial charge >= 0.3 is 5.97 Å². The lowest BCUT2D eigenvalue weighted by Crippen LogP contribution is -2.06. The van der Waals surface area contributed by atoms with Gasteiger partial charge in [-0.1, -0.05) is 0 Å². The van der Waals surface area contributed by atoms with Crippen molar-refractivity contribution in [3.8, 4) is 0 Å². The van der Waals surface area contributed by atoms with Crippen LogP contribution < -0.4 is 0 Å². The molecule has 2 aromatic rings. The molecule has 0 spiro atoms. The Morgan fingerprint density at radius 1 is 1.69 bits per heavy atom. The quantitative estimate of drug-likeness (QED) is 0.769. The molecular weight excluding hydrogens is 244 g/mol. The summed E-state index contributed by atoms with van der Waals surface area (Å²) in [6.45, 7) is 2.26. The SMILES string of the molecule is CCOC(=O)CSCc1cn2ccsc2n1. The van der Waals surface area contributed by atoms with Crippen molar-refractivity contribution in [2.45, 2.75) is 12.7 Å². The Morgan fingerprint density at radius 3 is 3.31 bits per heavy atom. The molecule has 2 aromatic heterocycles. The van der Waals surface area contributed by atoms with Crippen molar-refractivity contribution in [3.63, 3.8) is 0 Å². The van der Waals surface area contributed by atoms with Crippen LogP contribution in [0.4, 0.5) is 0 Å². The number of fused-ring (bicyclic) bond motifs is 1. The van der Waals surface area contributed by atoms with Gasteiger partial charge in [-0.15, -0.1) is 23.1 Å². The number of rotatable bonds is 5. The maximum absolute atomic E-state index is 11.1. The van der Waals surface area contributed by atoms with Crippen LogP contribution in [0, 0.1) is 0 Å². The Labute approximate surface area is 102 Å². The van der Waals surface area contributed by atoms with Crippen molar-refractivity contribution in [1.82, 2.24) is 9.38 Å². The third-order valence-corrected chi connectivity index (χ3v) is 3.63. The number of imidazole rings is 1. The van der Waals surface area contributed by atoms with E-state index < -0.39 is 0 Å². The summed E-state index contributed by atoms with van der Waals surface area (Å²) in [5.41, 5.74) is 1.00. The van der Waals surface area contributed by atoms with Crippen LogP contribution in [0.5, 0.6) is 0 Å². The first-order chi connectivity index (χ1) is 7.79. The van der Waals surface area contributed by atoms with E-state index in [0.717, 1.165) is 16.4 Å². The van der Waals surface area contributed by atoms with Crippen LogP contribution in [-0.2, 0) is 15.3 Å². The number of carbonyl (C=O) groups excluding carboxylic acids is 1. The third kappa shape index (κ3) is 2.76. The van der Waals surface area contributed by atoms with Crippen LogP contribution in [-0.4, -0.2) is 27.7 Å². The molecule has 16 heavy (non-hydrogen) atoms. The summed E-state index contributed by atoms with van der Waals surface area (Å²) in [5, 5.41) is 2.00. The Hall–Kier alpha value is -1.01. The maximum atomic E-state index is 11.1. The van der Waals surface area contributed by atoms with Gasteiger partial charge in [0.05, 0.1) is 18.1 Å². The molecule has 0 atom stereocenters. The fourth-order valence-electron chi connectivity index (χ4n) is 1.29. The average Bonchev–Trinajstić information content (AvgIpc) is 2.78. The van der Waals surface area contributed by atoms with Gasteiger partial charge in [-0.05, 0) is 6.92 Å². The molecule has 0 saturated carbocycles. The molecule has 0 aliphatic rings. The second kappa shape index (κ2) is 5.36. The Kier molecular flexibility index (Phi) is 3.84. The first-order valence-electron chi connectivity index (χ1n) is 4.94. The minimum Gasteiger partial charge on any atom is -0.465 e. The van der Waals surface area contributed by atoms with Gasteiger partial charge in [0.2, 0.25) is 0 Å². The summed E-state index contributed by atoms with van der Waals surface area (Å²) in [7, 11) is 0. The predicted octanol–water partition coefficient (Wildman–Crippen LogP) is 2.19. The van der Waals surface area contributed by atoms with Crippen molar-refractivity contribution >= 4 is 34.0 Å². The van der Waals surface area contributed by atoms with E-state index in [0.29, 0.717) is 12.4 Å². The van der Waals surface area contributed by atoms with Crippen molar-refractivity contribution in [3.05, 3.63) is 23.5 Å². The Balaban J connectivity index is 1.82. The summed E-state index contributed by atoms with van der Waals surface area (Å²) >= 11 is 3.13. The van der Waals surface area contributed by atoms with Crippen molar-refractivity contribution in [1.29, 1.82) is 0 Å². The molecule has 0 aliphatic carbocycles. The van der Waals surface area contributed by atoms with E-state index in [4.69, 9.17) is 4.74 Å². The average molecular weight is 256 g/mol. The molecule has 2 heterocycles. The monoisotopic (exact) mass is 256 g/mol. The number of esters is 1. The number of thiazole rings is 1. The van der Waals surface area contributed by atoms with Gasteiger partial charge < -0.3 is 4.74 Å². The topological polar surface area (TPSA) is 43.6 Å². The number of hydrogen-bond acceptors (Lipinski definition) is 5. The first-order valence-corrected chi connectivity index (χ1v) is 6.97. The fourth-order valence-corrected chi connectivity index (χ4v) is 2.71. The van der Waals surface area contributed by atoms with Gasteiger partial charge in [-0.25, -0.2) is 4.98 Å². The zero-order valence-electron chi connectivity index (χ0n) is 8.88. The van der Waals surface area contributed by atoms with E-state index in [9.17, 15) is 4.79 Å². The van der Waals surface area contributed by atoms with Crippen LogP contribution in [0.1, 0.15) is 12.6 Å². The van der Waals surface area contributed by atoms with E-state index in [1.165, 1.54) is 11.8 Å². The molecule has 86 valence electrons. The van der Waals surface area contributed by atoms with Crippen LogP contribution in [0.15, 0.2) is 17.8 Å². The van der Waals surface area contributed by atoms with E-state index in [1.54, 1.807) is 11.3 Å². The van der Waals surface area contributed by atoms with Crippen LogP contribution in [0.2, 0.25) is 0 Å². The molecule has 0 amide bonds. The summed E-state index contributed by atoms with van der Waals surface area (Å²) in [6, 6.07) is 0. The second-order valence-electron chi connectivity index (χ2n) is 3.12. The van der Waals surface area contributed by atoms with E-state index in [1.807, 2.05) is 29.1 Å². The zero-order chi connectivity index (χ0) is 11.4. The van der Waals surface area contributed by atoms with E-state index in [2.05, 4.69) is 4.98 Å². The molecule has 0 N–H and O–H groups in total. The molecule has 0 fully saturated rings. The normalized spacial score (nSPS) is 10.8. The second-order valence-corrected chi connectivity index (χ2v) is 4.98. The molecule has 0 bridgehead atoms. The van der Waals surface area contributed by atoms with Crippen molar-refractivity contribution in [2.75, 3.05) is 12.4 Å². The van der Waals surface area contributed by atoms with Gasteiger partial charge in [0.25, 0.3) is 0 Å². The van der Waals surface area contributed by atoms with Gasteiger partial charge in [-0.2, -0.15) is 0 Å². The molecule has 0 aromatic carbocycles. The molecular formula is C10H12N2O2S2. The molecule has 4 nitrogen and oxygen atoms in total. The van der Waals surface area contributed by atoms with Crippen LogP contribution >= 0.6 is 23.1 Å². The zero-order valence-corrected chi connectivity index (χ0v) is 10.5. The number of nitrogens with zero attached hydrogens (tertiary/aromatic N) is 2. The first kappa shape index (κ1) is 11.5. The summed E-state index contributed by atoms with van der Waals surface area (Å²) in [5.74, 6) is 0.972. The maximum Gasteiger partial charge on any atom is 0.315 e. The van der Waals surface area contributed by atoms with Gasteiger partial charge in [0, 0.05) is 23.5 Å². The van der Waals surface area contributed by atoms with Crippen LogP contribution in [0.3, 0.4) is 0 Å². The van der Waals surface area contributed by atoms with E-state index >= 15 is 0 Å². The number of aromatic nitrogens is 2. The Morgan fingerprint density at radius 2 is 2.56 bits per heavy atom. The lowest BCUT2D eigenvalue weighted by atomic mass is 10.6. The molecule has 0 aliphatic heterocycles. The highest BCUT2D eigenvalue weighted by atomic mass is 32.2. The lowest BCUT2D eigenvalue weighted by Gasteiger charge is -1.99. The molecule has 0 radical (unpaired) electrons. The molecule has 0 unspecified atom stereocenters. The number of carbonyl (C=O) groups is 1.